The second-order valence-electron chi connectivity index (χ2n) is 6.28. The highest BCUT2D eigenvalue weighted by Gasteiger charge is 2.17. The Morgan fingerprint density at radius 1 is 0.952 bits per heavy atom. The average molecular weight is 296 g/mol. The molecule has 0 bridgehead atoms. The van der Waals surface area contributed by atoms with E-state index in [0.29, 0.717) is 6.42 Å². The van der Waals surface area contributed by atoms with Gasteiger partial charge in [0.05, 0.1) is 0 Å². The monoisotopic (exact) mass is 296 g/mol. The van der Waals surface area contributed by atoms with Gasteiger partial charge in [-0.15, -0.1) is 0 Å². The first-order chi connectivity index (χ1) is 10.3. The molecular formula is C18H34NO2. The van der Waals surface area contributed by atoms with Crippen molar-refractivity contribution >= 4 is 5.97 Å². The third-order valence-electron chi connectivity index (χ3n) is 4.19. The Balaban J connectivity index is 1.81. The van der Waals surface area contributed by atoms with Crippen molar-refractivity contribution in [2.75, 3.05) is 6.54 Å². The second kappa shape index (κ2) is 13.1. The van der Waals surface area contributed by atoms with E-state index in [-0.39, 0.29) is 12.2 Å². The molecule has 1 aliphatic heterocycles. The molecule has 1 aliphatic rings. The maximum atomic E-state index is 11.7. The predicted molar refractivity (Wildman–Crippen MR) is 87.2 cm³/mol. The van der Waals surface area contributed by atoms with Crippen LogP contribution in [0.1, 0.15) is 96.8 Å². The zero-order valence-corrected chi connectivity index (χ0v) is 13.9. The standard InChI is InChI=1S/C18H34NO2/c1-2-3-4-5-6-7-8-9-10-11-15-18(20)21-17-14-12-13-16-19-17/h17H,2-16H2,1H3. The molecule has 1 heterocycles. The largest absolute Gasteiger partial charge is 0.445 e. The van der Waals surface area contributed by atoms with Crippen LogP contribution in [-0.4, -0.2) is 18.7 Å². The van der Waals surface area contributed by atoms with Gasteiger partial charge in [-0.1, -0.05) is 64.7 Å². The average Bonchev–Trinajstić information content (AvgIpc) is 2.50. The summed E-state index contributed by atoms with van der Waals surface area (Å²) in [5.41, 5.74) is 0. The summed E-state index contributed by atoms with van der Waals surface area (Å²) in [5, 5.41) is 4.33. The highest BCUT2D eigenvalue weighted by molar-refractivity contribution is 5.69. The zero-order chi connectivity index (χ0) is 15.2. The topological polar surface area (TPSA) is 40.4 Å². The fourth-order valence-electron chi connectivity index (χ4n) is 2.82. The van der Waals surface area contributed by atoms with Crippen molar-refractivity contribution in [3.63, 3.8) is 0 Å². The molecule has 0 aromatic heterocycles. The highest BCUT2D eigenvalue weighted by atomic mass is 16.6. The van der Waals surface area contributed by atoms with Crippen LogP contribution < -0.4 is 5.32 Å². The van der Waals surface area contributed by atoms with E-state index < -0.39 is 0 Å². The number of carbonyl (C=O) groups excluding carboxylic acids is 1. The minimum atomic E-state index is -0.144. The SMILES string of the molecule is CCCCCCCCCCCCC(=O)OC1CCCC[N]1. The number of nitrogens with zero attached hydrogens (tertiary/aromatic N) is 1. The molecule has 3 nitrogen and oxygen atoms in total. The molecule has 0 aliphatic carbocycles. The number of hydrogen-bond donors (Lipinski definition) is 0. The molecule has 1 atom stereocenters. The fraction of sp³-hybridized carbons (Fsp3) is 0.944. The molecule has 0 N–H and O–H groups in total. The lowest BCUT2D eigenvalue weighted by Gasteiger charge is -2.21. The lowest BCUT2D eigenvalue weighted by molar-refractivity contribution is -0.152. The van der Waals surface area contributed by atoms with Crippen molar-refractivity contribution in [2.45, 2.75) is 103 Å². The van der Waals surface area contributed by atoms with Gasteiger partial charge in [-0.3, -0.25) is 4.79 Å². The molecule has 0 saturated carbocycles. The third-order valence-corrected chi connectivity index (χ3v) is 4.19. The Bertz CT molecular complexity index is 250. The van der Waals surface area contributed by atoms with Crippen molar-refractivity contribution in [3.8, 4) is 0 Å². The van der Waals surface area contributed by atoms with Gasteiger partial charge in [-0.05, 0) is 25.7 Å². The Kier molecular flexibility index (Phi) is 11.5. The molecule has 0 amide bonds. The van der Waals surface area contributed by atoms with Crippen LogP contribution in [-0.2, 0) is 9.53 Å². The van der Waals surface area contributed by atoms with Crippen LogP contribution in [0.3, 0.4) is 0 Å². The van der Waals surface area contributed by atoms with Crippen LogP contribution in [0.2, 0.25) is 0 Å². The molecule has 1 unspecified atom stereocenters. The number of piperidine rings is 1. The number of ether oxygens (including phenoxy) is 1. The smallest absolute Gasteiger partial charge is 0.307 e. The quantitative estimate of drug-likeness (QED) is 0.377. The van der Waals surface area contributed by atoms with E-state index in [1.807, 2.05) is 0 Å². The molecule has 1 radical (unpaired) electrons. The molecule has 1 fully saturated rings. The summed E-state index contributed by atoms with van der Waals surface area (Å²) in [4.78, 5) is 11.7. The second-order valence-corrected chi connectivity index (χ2v) is 6.28. The summed E-state index contributed by atoms with van der Waals surface area (Å²) in [7, 11) is 0. The highest BCUT2D eigenvalue weighted by Crippen LogP contribution is 2.13. The van der Waals surface area contributed by atoms with Crippen molar-refractivity contribution in [1.82, 2.24) is 5.32 Å². The van der Waals surface area contributed by atoms with Crippen LogP contribution in [0, 0.1) is 0 Å². The van der Waals surface area contributed by atoms with Gasteiger partial charge >= 0.3 is 5.97 Å². The van der Waals surface area contributed by atoms with Crippen molar-refractivity contribution < 1.29 is 9.53 Å². The minimum Gasteiger partial charge on any atom is -0.445 e. The Morgan fingerprint density at radius 3 is 2.14 bits per heavy atom. The number of carbonyl (C=O) groups is 1. The normalized spacial score (nSPS) is 18.6. The molecule has 1 saturated heterocycles. The number of rotatable bonds is 12. The van der Waals surface area contributed by atoms with Crippen LogP contribution >= 0.6 is 0 Å². The van der Waals surface area contributed by atoms with E-state index in [1.165, 1.54) is 51.4 Å². The Morgan fingerprint density at radius 2 is 1.57 bits per heavy atom. The van der Waals surface area contributed by atoms with Gasteiger partial charge in [-0.2, -0.15) is 0 Å². The lowest BCUT2D eigenvalue weighted by Crippen LogP contribution is -2.32. The van der Waals surface area contributed by atoms with E-state index in [9.17, 15) is 4.79 Å². The van der Waals surface area contributed by atoms with E-state index in [2.05, 4.69) is 12.2 Å². The third kappa shape index (κ3) is 10.8. The molecule has 0 aromatic carbocycles. The summed E-state index contributed by atoms with van der Waals surface area (Å²) >= 11 is 0. The predicted octanol–water partition coefficient (Wildman–Crippen LogP) is 4.96. The maximum Gasteiger partial charge on any atom is 0.307 e. The van der Waals surface area contributed by atoms with Crippen molar-refractivity contribution in [1.29, 1.82) is 0 Å². The van der Waals surface area contributed by atoms with Gasteiger partial charge in [0.15, 0.2) is 6.23 Å². The van der Waals surface area contributed by atoms with E-state index in [4.69, 9.17) is 4.74 Å². The molecule has 21 heavy (non-hydrogen) atoms. The molecule has 1 rings (SSSR count). The molecular weight excluding hydrogens is 262 g/mol. The minimum absolute atomic E-state index is 0.0507. The molecule has 3 heteroatoms. The van der Waals surface area contributed by atoms with Gasteiger partial charge in [0, 0.05) is 13.0 Å². The first-order valence-electron chi connectivity index (χ1n) is 9.19. The van der Waals surface area contributed by atoms with E-state index in [0.717, 1.165) is 38.6 Å². The molecule has 123 valence electrons. The zero-order valence-electron chi connectivity index (χ0n) is 13.9. The fourth-order valence-corrected chi connectivity index (χ4v) is 2.82. The van der Waals surface area contributed by atoms with Gasteiger partial charge in [-0.25, -0.2) is 5.32 Å². The summed E-state index contributed by atoms with van der Waals surface area (Å²) in [6, 6.07) is 0. The summed E-state index contributed by atoms with van der Waals surface area (Å²) in [5.74, 6) is -0.0507. The lowest BCUT2D eigenvalue weighted by atomic mass is 10.1. The number of hydrogen-bond acceptors (Lipinski definition) is 2. The summed E-state index contributed by atoms with van der Waals surface area (Å²) < 4.78 is 5.37. The van der Waals surface area contributed by atoms with Crippen LogP contribution in [0.15, 0.2) is 0 Å². The first-order valence-corrected chi connectivity index (χ1v) is 9.19. The van der Waals surface area contributed by atoms with Gasteiger partial charge in [0.25, 0.3) is 0 Å². The van der Waals surface area contributed by atoms with Gasteiger partial charge in [0.2, 0.25) is 0 Å². The van der Waals surface area contributed by atoms with E-state index >= 15 is 0 Å². The summed E-state index contributed by atoms with van der Waals surface area (Å²) in [6.07, 6.45) is 16.6. The summed E-state index contributed by atoms with van der Waals surface area (Å²) in [6.45, 7) is 3.11. The first kappa shape index (κ1) is 18.5. The Labute approximate surface area is 131 Å². The van der Waals surface area contributed by atoms with Crippen LogP contribution in [0.5, 0.6) is 0 Å². The van der Waals surface area contributed by atoms with Crippen molar-refractivity contribution in [3.05, 3.63) is 0 Å². The van der Waals surface area contributed by atoms with E-state index in [1.54, 1.807) is 0 Å². The number of unbranched alkanes of at least 4 members (excludes halogenated alkanes) is 9. The molecule has 0 spiro atoms. The maximum absolute atomic E-state index is 11.7. The van der Waals surface area contributed by atoms with Crippen molar-refractivity contribution in [2.24, 2.45) is 0 Å². The van der Waals surface area contributed by atoms with Gasteiger partial charge in [0.1, 0.15) is 0 Å². The van der Waals surface area contributed by atoms with Crippen LogP contribution in [0.25, 0.3) is 0 Å². The molecule has 0 aromatic rings. The van der Waals surface area contributed by atoms with Gasteiger partial charge < -0.3 is 4.74 Å². The number of esters is 1. The Hall–Kier alpha value is -0.570. The van der Waals surface area contributed by atoms with Crippen LogP contribution in [0.4, 0.5) is 0 Å².